The lowest BCUT2D eigenvalue weighted by Gasteiger charge is -2.15. The van der Waals surface area contributed by atoms with Crippen molar-refractivity contribution in [1.82, 2.24) is 10.2 Å². The number of nitrogens with one attached hydrogen (secondary N) is 1. The molecule has 1 aromatic rings. The van der Waals surface area contributed by atoms with Crippen molar-refractivity contribution in [1.29, 1.82) is 0 Å². The van der Waals surface area contributed by atoms with Crippen LogP contribution < -0.4 is 10.2 Å². The number of hydrogen-bond acceptors (Lipinski definition) is 3. The van der Waals surface area contributed by atoms with E-state index < -0.39 is 0 Å². The highest BCUT2D eigenvalue weighted by Gasteiger charge is 2.09. The topological polar surface area (TPSA) is 18.5 Å². The largest absolute Gasteiger partial charge is 0.378 e. The number of nitrogens with zero attached hydrogens (tertiary/aromatic N) is 2. The van der Waals surface area contributed by atoms with E-state index in [1.807, 2.05) is 0 Å². The smallest absolute Gasteiger partial charge is 0.0364 e. The zero-order valence-corrected chi connectivity index (χ0v) is 12.4. The van der Waals surface area contributed by atoms with Gasteiger partial charge in [0.15, 0.2) is 0 Å². The van der Waals surface area contributed by atoms with Gasteiger partial charge in [0.2, 0.25) is 0 Å². The molecule has 0 bridgehead atoms. The van der Waals surface area contributed by atoms with Crippen LogP contribution in [0.2, 0.25) is 0 Å². The van der Waals surface area contributed by atoms with Crippen molar-refractivity contribution in [3.05, 3.63) is 29.8 Å². The normalized spacial score (nSPS) is 15.9. The molecule has 1 aliphatic rings. The Morgan fingerprint density at radius 3 is 2.74 bits per heavy atom. The third-order valence-corrected chi connectivity index (χ3v) is 3.78. The third-order valence-electron chi connectivity index (χ3n) is 3.78. The summed E-state index contributed by atoms with van der Waals surface area (Å²) < 4.78 is 0. The first kappa shape index (κ1) is 14.4. The van der Waals surface area contributed by atoms with Gasteiger partial charge in [0.1, 0.15) is 0 Å². The van der Waals surface area contributed by atoms with Crippen LogP contribution in [0.25, 0.3) is 0 Å². The van der Waals surface area contributed by atoms with Crippen LogP contribution in [0.4, 0.5) is 5.69 Å². The Hall–Kier alpha value is -1.06. The summed E-state index contributed by atoms with van der Waals surface area (Å²) in [6.45, 7) is 5.96. The molecule has 3 heteroatoms. The van der Waals surface area contributed by atoms with Crippen LogP contribution in [0.3, 0.4) is 0 Å². The molecule has 19 heavy (non-hydrogen) atoms. The fourth-order valence-corrected chi connectivity index (χ4v) is 2.61. The quantitative estimate of drug-likeness (QED) is 0.760. The molecule has 3 nitrogen and oxygen atoms in total. The molecule has 106 valence electrons. The summed E-state index contributed by atoms with van der Waals surface area (Å²) >= 11 is 0. The SMILES string of the molecule is CN(C)c1cccc(CNCCCN2CCCC2)c1. The second-order valence-corrected chi connectivity index (χ2v) is 5.64. The minimum absolute atomic E-state index is 0.974. The molecule has 1 heterocycles. The van der Waals surface area contributed by atoms with Gasteiger partial charge in [-0.3, -0.25) is 0 Å². The van der Waals surface area contributed by atoms with Gasteiger partial charge in [-0.15, -0.1) is 0 Å². The maximum atomic E-state index is 3.55. The number of rotatable bonds is 7. The molecule has 1 aromatic carbocycles. The maximum absolute atomic E-state index is 3.55. The summed E-state index contributed by atoms with van der Waals surface area (Å²) in [5.74, 6) is 0. The molecule has 1 saturated heterocycles. The highest BCUT2D eigenvalue weighted by Crippen LogP contribution is 2.13. The van der Waals surface area contributed by atoms with Crippen LogP contribution in [0.1, 0.15) is 24.8 Å². The Balaban J connectivity index is 1.63. The zero-order chi connectivity index (χ0) is 13.5. The second-order valence-electron chi connectivity index (χ2n) is 5.64. The van der Waals surface area contributed by atoms with Gasteiger partial charge in [0.05, 0.1) is 0 Å². The monoisotopic (exact) mass is 261 g/mol. The molecule has 0 saturated carbocycles. The van der Waals surface area contributed by atoms with Gasteiger partial charge < -0.3 is 15.1 Å². The molecule has 1 N–H and O–H groups in total. The van der Waals surface area contributed by atoms with Crippen LogP contribution in [0.15, 0.2) is 24.3 Å². The summed E-state index contributed by atoms with van der Waals surface area (Å²) in [6, 6.07) is 8.74. The molecule has 0 amide bonds. The standard InChI is InChI=1S/C16H27N3/c1-18(2)16-8-5-7-15(13-16)14-17-9-6-12-19-10-3-4-11-19/h5,7-8,13,17H,3-4,6,9-12,14H2,1-2H3. The maximum Gasteiger partial charge on any atom is 0.0364 e. The van der Waals surface area contributed by atoms with Crippen molar-refractivity contribution in [2.75, 3.05) is 45.2 Å². The predicted octanol–water partition coefficient (Wildman–Crippen LogP) is 2.33. The zero-order valence-electron chi connectivity index (χ0n) is 12.4. The van der Waals surface area contributed by atoms with Gasteiger partial charge in [-0.1, -0.05) is 12.1 Å². The Kier molecular flexibility index (Phi) is 5.67. The van der Waals surface area contributed by atoms with E-state index in [0.717, 1.165) is 13.1 Å². The van der Waals surface area contributed by atoms with E-state index in [-0.39, 0.29) is 0 Å². The number of likely N-dealkylation sites (tertiary alicyclic amines) is 1. The lowest BCUT2D eigenvalue weighted by atomic mass is 10.2. The van der Waals surface area contributed by atoms with Crippen LogP contribution in [-0.4, -0.2) is 45.2 Å². The van der Waals surface area contributed by atoms with Crippen LogP contribution in [0, 0.1) is 0 Å². The first-order valence-corrected chi connectivity index (χ1v) is 7.45. The molecule has 0 unspecified atom stereocenters. The Morgan fingerprint density at radius 1 is 1.21 bits per heavy atom. The van der Waals surface area contributed by atoms with E-state index in [0.29, 0.717) is 0 Å². The van der Waals surface area contributed by atoms with Crippen LogP contribution in [-0.2, 0) is 6.54 Å². The van der Waals surface area contributed by atoms with Gasteiger partial charge in [-0.25, -0.2) is 0 Å². The van der Waals surface area contributed by atoms with Gasteiger partial charge in [0, 0.05) is 26.3 Å². The van der Waals surface area contributed by atoms with Crippen molar-refractivity contribution < 1.29 is 0 Å². The molecule has 2 rings (SSSR count). The second kappa shape index (κ2) is 7.51. The molecule has 0 radical (unpaired) electrons. The summed E-state index contributed by atoms with van der Waals surface area (Å²) in [6.07, 6.45) is 4.04. The van der Waals surface area contributed by atoms with Gasteiger partial charge in [-0.05, 0) is 63.1 Å². The van der Waals surface area contributed by atoms with E-state index >= 15 is 0 Å². The summed E-state index contributed by atoms with van der Waals surface area (Å²) in [7, 11) is 4.17. The Labute approximate surface area is 117 Å². The van der Waals surface area contributed by atoms with Crippen LogP contribution in [0.5, 0.6) is 0 Å². The Bertz CT molecular complexity index is 370. The highest BCUT2D eigenvalue weighted by molar-refractivity contribution is 5.47. The average molecular weight is 261 g/mol. The fraction of sp³-hybridized carbons (Fsp3) is 0.625. The number of anilines is 1. The predicted molar refractivity (Wildman–Crippen MR) is 82.8 cm³/mol. The molecule has 0 aliphatic carbocycles. The minimum atomic E-state index is 0.974. The van der Waals surface area contributed by atoms with Crippen molar-refractivity contribution in [2.24, 2.45) is 0 Å². The van der Waals surface area contributed by atoms with E-state index in [1.54, 1.807) is 0 Å². The Morgan fingerprint density at radius 2 is 2.00 bits per heavy atom. The fourth-order valence-electron chi connectivity index (χ4n) is 2.61. The molecule has 0 atom stereocenters. The molecule has 1 aliphatic heterocycles. The van der Waals surface area contributed by atoms with Crippen molar-refractivity contribution >= 4 is 5.69 Å². The van der Waals surface area contributed by atoms with Crippen molar-refractivity contribution in [2.45, 2.75) is 25.8 Å². The summed E-state index contributed by atoms with van der Waals surface area (Å²) in [5, 5.41) is 3.55. The lowest BCUT2D eigenvalue weighted by Crippen LogP contribution is -2.24. The highest BCUT2D eigenvalue weighted by atomic mass is 15.1. The van der Waals surface area contributed by atoms with E-state index in [2.05, 4.69) is 53.5 Å². The van der Waals surface area contributed by atoms with Gasteiger partial charge >= 0.3 is 0 Å². The minimum Gasteiger partial charge on any atom is -0.378 e. The van der Waals surface area contributed by atoms with Crippen LogP contribution >= 0.6 is 0 Å². The van der Waals surface area contributed by atoms with Gasteiger partial charge in [0.25, 0.3) is 0 Å². The number of hydrogen-bond donors (Lipinski definition) is 1. The van der Waals surface area contributed by atoms with E-state index in [4.69, 9.17) is 0 Å². The molecule has 0 aromatic heterocycles. The van der Waals surface area contributed by atoms with E-state index in [1.165, 1.54) is 50.1 Å². The number of benzene rings is 1. The molecule has 0 spiro atoms. The average Bonchev–Trinajstić information content (AvgIpc) is 2.92. The van der Waals surface area contributed by atoms with Crippen molar-refractivity contribution in [3.63, 3.8) is 0 Å². The molecular formula is C16H27N3. The summed E-state index contributed by atoms with van der Waals surface area (Å²) in [5.41, 5.74) is 2.64. The van der Waals surface area contributed by atoms with Crippen molar-refractivity contribution in [3.8, 4) is 0 Å². The van der Waals surface area contributed by atoms with E-state index in [9.17, 15) is 0 Å². The van der Waals surface area contributed by atoms with Gasteiger partial charge in [-0.2, -0.15) is 0 Å². The molecular weight excluding hydrogens is 234 g/mol. The third kappa shape index (κ3) is 4.84. The lowest BCUT2D eigenvalue weighted by molar-refractivity contribution is 0.331. The summed E-state index contributed by atoms with van der Waals surface area (Å²) in [4.78, 5) is 4.73. The first-order chi connectivity index (χ1) is 9.25. The first-order valence-electron chi connectivity index (χ1n) is 7.45. The molecule has 1 fully saturated rings.